The number of alkyl carbamates (subject to hydrolysis) is 1. The van der Waals surface area contributed by atoms with Crippen LogP contribution in [0.5, 0.6) is 5.75 Å². The van der Waals surface area contributed by atoms with Gasteiger partial charge in [-0.3, -0.25) is 9.59 Å². The first kappa shape index (κ1) is 31.7. The third kappa shape index (κ3) is 9.62. The molecule has 0 saturated heterocycles. The first-order valence-electron chi connectivity index (χ1n) is 12.1. The van der Waals surface area contributed by atoms with E-state index in [1.807, 2.05) is 0 Å². The highest BCUT2D eigenvalue weighted by Crippen LogP contribution is 2.27. The number of nitrogens with zero attached hydrogens (tertiary/aromatic N) is 1. The minimum Gasteiger partial charge on any atom is -0.491 e. The van der Waals surface area contributed by atoms with E-state index in [9.17, 15) is 22.8 Å². The first-order chi connectivity index (χ1) is 19.1. The zero-order valence-corrected chi connectivity index (χ0v) is 24.9. The Labute approximate surface area is 247 Å². The predicted octanol–water partition coefficient (Wildman–Crippen LogP) is 5.20. The number of hydrogen-bond donors (Lipinski definition) is 3. The minimum absolute atomic E-state index is 0.0132. The molecule has 14 heteroatoms. The zero-order valence-electron chi connectivity index (χ0n) is 22.6. The second-order valence-electron chi connectivity index (χ2n) is 9.67. The van der Waals surface area contributed by atoms with Crippen LogP contribution in [0.15, 0.2) is 59.6 Å². The number of rotatable bonds is 9. The molecule has 1 heterocycles. The van der Waals surface area contributed by atoms with Gasteiger partial charge < -0.3 is 25.4 Å². The van der Waals surface area contributed by atoms with Crippen LogP contribution >= 0.6 is 23.2 Å². The van der Waals surface area contributed by atoms with Crippen molar-refractivity contribution in [1.82, 2.24) is 10.3 Å². The second kappa shape index (κ2) is 13.2. The Balaban J connectivity index is 1.82. The van der Waals surface area contributed by atoms with Crippen molar-refractivity contribution < 1.29 is 32.3 Å². The summed E-state index contributed by atoms with van der Waals surface area (Å²) in [7, 11) is -3.63. The van der Waals surface area contributed by atoms with Gasteiger partial charge in [0.05, 0.1) is 33.3 Å². The van der Waals surface area contributed by atoms with Crippen LogP contribution < -0.4 is 20.7 Å². The standard InChI is InChI=1S/C27H28Cl2N4O7S/c1-27(2,3)40-26(36)30-11-12-39-22-14-18(41(4,37)38)7-8-19(22)24(34)32-21-9-5-16(28)13-20(21)25(35)33-23-10-6-17(29)15-31-23/h5-10,13-15H,11-12H2,1-4H3,(H,30,36)(H,32,34)(H,31,33,35). The van der Waals surface area contributed by atoms with Gasteiger partial charge in [-0.05, 0) is 69.3 Å². The molecule has 3 aromatic rings. The lowest BCUT2D eigenvalue weighted by Crippen LogP contribution is -2.34. The van der Waals surface area contributed by atoms with E-state index in [0.717, 1.165) is 6.26 Å². The van der Waals surface area contributed by atoms with Crippen LogP contribution in [0, 0.1) is 0 Å². The molecular formula is C27H28Cl2N4O7S. The van der Waals surface area contributed by atoms with Crippen molar-refractivity contribution in [2.45, 2.75) is 31.3 Å². The molecule has 0 unspecified atom stereocenters. The Hall–Kier alpha value is -3.87. The van der Waals surface area contributed by atoms with Gasteiger partial charge in [-0.25, -0.2) is 18.2 Å². The Morgan fingerprint density at radius 2 is 1.59 bits per heavy atom. The van der Waals surface area contributed by atoms with Crippen LogP contribution in [0.2, 0.25) is 10.0 Å². The van der Waals surface area contributed by atoms with Crippen molar-refractivity contribution in [2.75, 3.05) is 30.0 Å². The van der Waals surface area contributed by atoms with Gasteiger partial charge in [-0.15, -0.1) is 0 Å². The van der Waals surface area contributed by atoms with Crippen molar-refractivity contribution in [3.63, 3.8) is 0 Å². The number of carbonyl (C=O) groups excluding carboxylic acids is 3. The normalized spacial score (nSPS) is 11.4. The maximum atomic E-state index is 13.3. The molecular weight excluding hydrogens is 595 g/mol. The lowest BCUT2D eigenvalue weighted by Gasteiger charge is -2.20. The third-order valence-corrected chi connectivity index (χ3v) is 6.67. The van der Waals surface area contributed by atoms with Crippen LogP contribution in [0.1, 0.15) is 41.5 Å². The average Bonchev–Trinajstić information content (AvgIpc) is 2.87. The third-order valence-electron chi connectivity index (χ3n) is 5.10. The number of amides is 3. The van der Waals surface area contributed by atoms with E-state index >= 15 is 0 Å². The number of sulfone groups is 1. The Morgan fingerprint density at radius 1 is 0.902 bits per heavy atom. The summed E-state index contributed by atoms with van der Waals surface area (Å²) in [5.74, 6) is -1.12. The zero-order chi connectivity index (χ0) is 30.4. The van der Waals surface area contributed by atoms with Crippen molar-refractivity contribution in [3.8, 4) is 5.75 Å². The van der Waals surface area contributed by atoms with E-state index in [4.69, 9.17) is 32.7 Å². The fraction of sp³-hybridized carbons (Fsp3) is 0.259. The van der Waals surface area contributed by atoms with Crippen molar-refractivity contribution >= 4 is 62.5 Å². The summed E-state index contributed by atoms with van der Waals surface area (Å²) in [6, 6.07) is 11.1. The molecule has 0 aliphatic rings. The Bertz CT molecular complexity index is 1560. The van der Waals surface area contributed by atoms with E-state index in [-0.39, 0.29) is 51.5 Å². The molecule has 2 aromatic carbocycles. The number of halogens is 2. The van der Waals surface area contributed by atoms with Gasteiger partial charge in [0.2, 0.25) is 0 Å². The molecule has 218 valence electrons. The van der Waals surface area contributed by atoms with Crippen molar-refractivity contribution in [1.29, 1.82) is 0 Å². The molecule has 0 saturated carbocycles. The van der Waals surface area contributed by atoms with Crippen LogP contribution in [-0.4, -0.2) is 56.3 Å². The fourth-order valence-corrected chi connectivity index (χ4v) is 4.23. The molecule has 0 radical (unpaired) electrons. The Kier molecular flexibility index (Phi) is 10.2. The molecule has 41 heavy (non-hydrogen) atoms. The molecule has 0 aliphatic carbocycles. The summed E-state index contributed by atoms with van der Waals surface area (Å²) in [5, 5.41) is 8.40. The van der Waals surface area contributed by atoms with Gasteiger partial charge in [0.15, 0.2) is 9.84 Å². The molecule has 11 nitrogen and oxygen atoms in total. The number of ether oxygens (including phenoxy) is 2. The van der Waals surface area contributed by atoms with Crippen molar-refractivity contribution in [3.05, 3.63) is 75.9 Å². The van der Waals surface area contributed by atoms with Gasteiger partial charge in [-0.1, -0.05) is 23.2 Å². The Morgan fingerprint density at radius 3 is 2.22 bits per heavy atom. The smallest absolute Gasteiger partial charge is 0.407 e. The number of anilines is 2. The largest absolute Gasteiger partial charge is 0.491 e. The summed E-state index contributed by atoms with van der Waals surface area (Å²) < 4.78 is 35.1. The van der Waals surface area contributed by atoms with E-state index in [2.05, 4.69) is 20.9 Å². The monoisotopic (exact) mass is 622 g/mol. The van der Waals surface area contributed by atoms with Gasteiger partial charge in [0.1, 0.15) is 23.8 Å². The quantitative estimate of drug-likeness (QED) is 0.275. The first-order valence-corrected chi connectivity index (χ1v) is 14.7. The van der Waals surface area contributed by atoms with E-state index in [0.29, 0.717) is 5.02 Å². The van der Waals surface area contributed by atoms with E-state index in [1.54, 1.807) is 26.8 Å². The van der Waals surface area contributed by atoms with Gasteiger partial charge in [0, 0.05) is 17.5 Å². The topological polar surface area (TPSA) is 153 Å². The molecule has 3 rings (SSSR count). The summed E-state index contributed by atoms with van der Waals surface area (Å²) in [6.07, 6.45) is 1.72. The molecule has 0 bridgehead atoms. The van der Waals surface area contributed by atoms with Crippen LogP contribution in [0.4, 0.5) is 16.3 Å². The van der Waals surface area contributed by atoms with Crippen LogP contribution in [-0.2, 0) is 14.6 Å². The number of pyridine rings is 1. The summed E-state index contributed by atoms with van der Waals surface area (Å²) in [4.78, 5) is 42.2. The molecule has 3 amide bonds. The number of carbonyl (C=O) groups is 3. The highest BCUT2D eigenvalue weighted by atomic mass is 35.5. The summed E-state index contributed by atoms with van der Waals surface area (Å²) >= 11 is 12.0. The van der Waals surface area contributed by atoms with Gasteiger partial charge >= 0.3 is 6.09 Å². The number of aromatic nitrogens is 1. The summed E-state index contributed by atoms with van der Waals surface area (Å²) in [6.45, 7) is 5.06. The van der Waals surface area contributed by atoms with Gasteiger partial charge in [0.25, 0.3) is 11.8 Å². The second-order valence-corrected chi connectivity index (χ2v) is 12.6. The van der Waals surface area contributed by atoms with Crippen molar-refractivity contribution in [2.24, 2.45) is 0 Å². The maximum absolute atomic E-state index is 13.3. The van der Waals surface area contributed by atoms with E-state index < -0.39 is 33.3 Å². The lowest BCUT2D eigenvalue weighted by molar-refractivity contribution is 0.0519. The number of nitrogens with one attached hydrogen (secondary N) is 3. The highest BCUT2D eigenvalue weighted by Gasteiger charge is 2.21. The maximum Gasteiger partial charge on any atom is 0.407 e. The molecule has 0 atom stereocenters. The molecule has 0 aliphatic heterocycles. The van der Waals surface area contributed by atoms with E-state index in [1.165, 1.54) is 48.7 Å². The molecule has 0 fully saturated rings. The number of benzene rings is 2. The van der Waals surface area contributed by atoms with Gasteiger partial charge in [-0.2, -0.15) is 0 Å². The fourth-order valence-electron chi connectivity index (χ4n) is 3.30. The van der Waals surface area contributed by atoms with Crippen LogP contribution in [0.3, 0.4) is 0 Å². The molecule has 3 N–H and O–H groups in total. The highest BCUT2D eigenvalue weighted by molar-refractivity contribution is 7.90. The summed E-state index contributed by atoms with van der Waals surface area (Å²) in [5.41, 5.74) is -0.548. The lowest BCUT2D eigenvalue weighted by atomic mass is 10.1. The SMILES string of the molecule is CC(C)(C)OC(=O)NCCOc1cc(S(C)(=O)=O)ccc1C(=O)Nc1ccc(Cl)cc1C(=O)Nc1ccc(Cl)cn1. The van der Waals surface area contributed by atoms with Crippen LogP contribution in [0.25, 0.3) is 0 Å². The minimum atomic E-state index is -3.63. The number of hydrogen-bond acceptors (Lipinski definition) is 8. The predicted molar refractivity (Wildman–Crippen MR) is 156 cm³/mol. The molecule has 0 spiro atoms. The molecule has 1 aromatic heterocycles. The average molecular weight is 624 g/mol.